The summed E-state index contributed by atoms with van der Waals surface area (Å²) in [7, 11) is 0. The van der Waals surface area contributed by atoms with Crippen LogP contribution in [0.3, 0.4) is 0 Å². The molecule has 1 N–H and O–H groups in total. The Morgan fingerprint density at radius 1 is 1.27 bits per heavy atom. The molecule has 0 aliphatic heterocycles. The fourth-order valence-corrected chi connectivity index (χ4v) is 1.24. The number of benzene rings is 1. The Morgan fingerprint density at radius 2 is 2.00 bits per heavy atom. The van der Waals surface area contributed by atoms with Crippen LogP contribution in [-0.4, -0.2) is 17.8 Å². The zero-order valence-corrected chi connectivity index (χ0v) is 9.13. The molecule has 1 rings (SSSR count). The minimum absolute atomic E-state index is 0.350. The van der Waals surface area contributed by atoms with E-state index in [1.54, 1.807) is 0 Å². The Morgan fingerprint density at radius 3 is 2.67 bits per heavy atom. The minimum Gasteiger partial charge on any atom is -0.391 e. The summed E-state index contributed by atoms with van der Waals surface area (Å²) in [6.45, 7) is 2.51. The maximum atomic E-state index is 9.50. The largest absolute Gasteiger partial charge is 0.391 e. The Kier molecular flexibility index (Phi) is 5.63. The van der Waals surface area contributed by atoms with Crippen LogP contribution >= 0.6 is 0 Å². The smallest absolute Gasteiger partial charge is 0.0862 e. The molecule has 1 aromatic carbocycles. The average molecular weight is 206 g/mol. The predicted octanol–water partition coefficient (Wildman–Crippen LogP) is 3.32. The van der Waals surface area contributed by atoms with Crippen LogP contribution in [0, 0.1) is 0 Å². The minimum atomic E-state index is -0.350. The fourth-order valence-electron chi connectivity index (χ4n) is 1.24. The van der Waals surface area contributed by atoms with Gasteiger partial charge in [-0.2, -0.15) is 10.2 Å². The van der Waals surface area contributed by atoms with Gasteiger partial charge in [-0.25, -0.2) is 0 Å². The first-order valence-electron chi connectivity index (χ1n) is 5.43. The van der Waals surface area contributed by atoms with Crippen LogP contribution in [0.5, 0.6) is 0 Å². The van der Waals surface area contributed by atoms with E-state index in [9.17, 15) is 5.11 Å². The lowest BCUT2D eigenvalue weighted by atomic mass is 10.2. The Hall–Kier alpha value is -1.22. The molecule has 3 heteroatoms. The van der Waals surface area contributed by atoms with Crippen LogP contribution in [0.1, 0.15) is 26.2 Å². The van der Waals surface area contributed by atoms with Gasteiger partial charge in [-0.15, -0.1) is 0 Å². The van der Waals surface area contributed by atoms with E-state index in [0.29, 0.717) is 6.54 Å². The first-order chi connectivity index (χ1) is 7.33. The topological polar surface area (TPSA) is 45.0 Å². The monoisotopic (exact) mass is 206 g/mol. The number of aliphatic hydroxyl groups is 1. The first kappa shape index (κ1) is 11.9. The third-order valence-corrected chi connectivity index (χ3v) is 2.13. The van der Waals surface area contributed by atoms with Crippen molar-refractivity contribution in [2.24, 2.45) is 10.2 Å². The van der Waals surface area contributed by atoms with E-state index in [4.69, 9.17) is 0 Å². The molecule has 0 spiro atoms. The van der Waals surface area contributed by atoms with Gasteiger partial charge in [0.2, 0.25) is 0 Å². The van der Waals surface area contributed by atoms with Gasteiger partial charge in [0.25, 0.3) is 0 Å². The lowest BCUT2D eigenvalue weighted by Crippen LogP contribution is -2.09. The maximum absolute atomic E-state index is 9.50. The van der Waals surface area contributed by atoms with E-state index in [1.807, 2.05) is 30.3 Å². The predicted molar refractivity (Wildman–Crippen MR) is 61.4 cm³/mol. The van der Waals surface area contributed by atoms with E-state index in [-0.39, 0.29) is 6.10 Å². The maximum Gasteiger partial charge on any atom is 0.0862 e. The summed E-state index contributed by atoms with van der Waals surface area (Å²) in [6.07, 6.45) is 2.61. The molecule has 1 aromatic rings. The van der Waals surface area contributed by atoms with Gasteiger partial charge >= 0.3 is 0 Å². The SMILES string of the molecule is CCCCC(O)CN=Nc1ccccc1. The second-order valence-corrected chi connectivity index (χ2v) is 3.56. The number of nitrogens with zero attached hydrogens (tertiary/aromatic N) is 2. The summed E-state index contributed by atoms with van der Waals surface area (Å²) in [6, 6.07) is 9.56. The third kappa shape index (κ3) is 5.27. The Bertz CT molecular complexity index is 285. The quantitative estimate of drug-likeness (QED) is 0.713. The molecule has 0 aromatic heterocycles. The third-order valence-electron chi connectivity index (χ3n) is 2.13. The molecule has 1 atom stereocenters. The molecule has 0 bridgehead atoms. The Balaban J connectivity index is 2.27. The average Bonchev–Trinajstić information content (AvgIpc) is 2.28. The highest BCUT2D eigenvalue weighted by Crippen LogP contribution is 2.10. The summed E-state index contributed by atoms with van der Waals surface area (Å²) in [5.74, 6) is 0. The van der Waals surface area contributed by atoms with E-state index in [0.717, 1.165) is 24.9 Å². The molecule has 3 nitrogen and oxygen atoms in total. The number of aliphatic hydroxyl groups excluding tert-OH is 1. The van der Waals surface area contributed by atoms with Crippen LogP contribution in [0.2, 0.25) is 0 Å². The summed E-state index contributed by atoms with van der Waals surface area (Å²) in [5, 5.41) is 17.5. The van der Waals surface area contributed by atoms with Gasteiger partial charge in [0.15, 0.2) is 0 Å². The standard InChI is InChI=1S/C12H18N2O/c1-2-3-9-12(15)10-13-14-11-7-5-4-6-8-11/h4-8,12,15H,2-3,9-10H2,1H3. The second-order valence-electron chi connectivity index (χ2n) is 3.56. The normalized spacial score (nSPS) is 13.2. The van der Waals surface area contributed by atoms with Crippen LogP contribution in [0.15, 0.2) is 40.6 Å². The van der Waals surface area contributed by atoms with Gasteiger partial charge in [0.1, 0.15) is 0 Å². The van der Waals surface area contributed by atoms with Crippen molar-refractivity contribution >= 4 is 5.69 Å². The molecule has 15 heavy (non-hydrogen) atoms. The molecule has 0 radical (unpaired) electrons. The van der Waals surface area contributed by atoms with Crippen molar-refractivity contribution in [2.75, 3.05) is 6.54 Å². The van der Waals surface area contributed by atoms with Crippen LogP contribution in [0.25, 0.3) is 0 Å². The molecule has 0 aliphatic carbocycles. The lowest BCUT2D eigenvalue weighted by molar-refractivity contribution is 0.168. The second kappa shape index (κ2) is 7.12. The van der Waals surface area contributed by atoms with Crippen molar-refractivity contribution < 1.29 is 5.11 Å². The summed E-state index contributed by atoms with van der Waals surface area (Å²) >= 11 is 0. The molecule has 82 valence electrons. The van der Waals surface area contributed by atoms with Crippen LogP contribution in [0.4, 0.5) is 5.69 Å². The molecular weight excluding hydrogens is 188 g/mol. The molecule has 0 heterocycles. The van der Waals surface area contributed by atoms with Gasteiger partial charge in [-0.1, -0.05) is 38.0 Å². The highest BCUT2D eigenvalue weighted by molar-refractivity contribution is 5.34. The molecule has 0 saturated carbocycles. The van der Waals surface area contributed by atoms with E-state index < -0.39 is 0 Å². The van der Waals surface area contributed by atoms with Gasteiger partial charge < -0.3 is 5.11 Å². The summed E-state index contributed by atoms with van der Waals surface area (Å²) in [4.78, 5) is 0. The number of unbranched alkanes of at least 4 members (excludes halogenated alkanes) is 1. The van der Waals surface area contributed by atoms with Gasteiger partial charge in [-0.05, 0) is 18.6 Å². The number of azo groups is 1. The molecular formula is C12H18N2O. The van der Waals surface area contributed by atoms with Crippen molar-refractivity contribution in [3.8, 4) is 0 Å². The molecule has 1 unspecified atom stereocenters. The highest BCUT2D eigenvalue weighted by atomic mass is 16.3. The zero-order chi connectivity index (χ0) is 10.9. The van der Waals surface area contributed by atoms with Crippen molar-refractivity contribution in [3.63, 3.8) is 0 Å². The van der Waals surface area contributed by atoms with Gasteiger partial charge in [0.05, 0.1) is 18.3 Å². The van der Waals surface area contributed by atoms with E-state index in [2.05, 4.69) is 17.2 Å². The van der Waals surface area contributed by atoms with Crippen molar-refractivity contribution in [1.29, 1.82) is 0 Å². The highest BCUT2D eigenvalue weighted by Gasteiger charge is 2.00. The zero-order valence-electron chi connectivity index (χ0n) is 9.13. The van der Waals surface area contributed by atoms with Crippen molar-refractivity contribution in [1.82, 2.24) is 0 Å². The Labute approximate surface area is 90.9 Å². The van der Waals surface area contributed by atoms with Crippen molar-refractivity contribution in [2.45, 2.75) is 32.3 Å². The fraction of sp³-hybridized carbons (Fsp3) is 0.500. The first-order valence-corrected chi connectivity index (χ1v) is 5.43. The molecule has 0 saturated heterocycles. The van der Waals surface area contributed by atoms with Gasteiger partial charge in [-0.3, -0.25) is 0 Å². The number of hydrogen-bond donors (Lipinski definition) is 1. The number of hydrogen-bond acceptors (Lipinski definition) is 3. The summed E-state index contributed by atoms with van der Waals surface area (Å²) in [5.41, 5.74) is 0.834. The van der Waals surface area contributed by atoms with Crippen LogP contribution < -0.4 is 0 Å². The molecule has 0 fully saturated rings. The lowest BCUT2D eigenvalue weighted by Gasteiger charge is -2.04. The molecule has 0 amide bonds. The van der Waals surface area contributed by atoms with Crippen LogP contribution in [-0.2, 0) is 0 Å². The molecule has 0 aliphatic rings. The van der Waals surface area contributed by atoms with E-state index in [1.165, 1.54) is 0 Å². The summed E-state index contributed by atoms with van der Waals surface area (Å²) < 4.78 is 0. The van der Waals surface area contributed by atoms with E-state index >= 15 is 0 Å². The van der Waals surface area contributed by atoms with Gasteiger partial charge in [0, 0.05) is 0 Å². The van der Waals surface area contributed by atoms with Crippen molar-refractivity contribution in [3.05, 3.63) is 30.3 Å². The number of rotatable bonds is 6.